The van der Waals surface area contributed by atoms with E-state index < -0.39 is 0 Å². The van der Waals surface area contributed by atoms with E-state index in [4.69, 9.17) is 4.74 Å². The fourth-order valence-corrected chi connectivity index (χ4v) is 3.49. The third kappa shape index (κ3) is 4.91. The lowest BCUT2D eigenvalue weighted by Gasteiger charge is -2.38. The van der Waals surface area contributed by atoms with Gasteiger partial charge in [-0.1, -0.05) is 60.7 Å². The van der Waals surface area contributed by atoms with E-state index in [-0.39, 0.29) is 18.0 Å². The molecular weight excluding hydrogens is 312 g/mol. The highest BCUT2D eigenvalue weighted by molar-refractivity contribution is 5.78. The predicted octanol–water partition coefficient (Wildman–Crippen LogP) is 2.81. The smallest absolute Gasteiger partial charge is 0.224 e. The molecule has 132 valence electrons. The molecule has 0 aromatic heterocycles. The molecule has 0 bridgehead atoms. The number of carbonyl (C=O) groups is 1. The average molecular weight is 338 g/mol. The van der Waals surface area contributed by atoms with Crippen molar-refractivity contribution < 1.29 is 9.53 Å². The molecule has 2 aromatic rings. The summed E-state index contributed by atoms with van der Waals surface area (Å²) in [6, 6.07) is 20.5. The van der Waals surface area contributed by atoms with Gasteiger partial charge in [0.2, 0.25) is 5.91 Å². The summed E-state index contributed by atoms with van der Waals surface area (Å²) in [7, 11) is 0. The van der Waals surface area contributed by atoms with E-state index in [0.29, 0.717) is 6.42 Å². The van der Waals surface area contributed by atoms with Gasteiger partial charge in [0.05, 0.1) is 25.7 Å². The first-order chi connectivity index (χ1) is 12.2. The first-order valence-electron chi connectivity index (χ1n) is 8.94. The fourth-order valence-electron chi connectivity index (χ4n) is 3.49. The van der Waals surface area contributed by atoms with E-state index in [0.717, 1.165) is 31.9 Å². The Morgan fingerprint density at radius 1 is 1.04 bits per heavy atom. The van der Waals surface area contributed by atoms with Crippen LogP contribution in [0.4, 0.5) is 0 Å². The number of ether oxygens (including phenoxy) is 1. The topological polar surface area (TPSA) is 41.6 Å². The van der Waals surface area contributed by atoms with Crippen molar-refractivity contribution in [1.29, 1.82) is 0 Å². The summed E-state index contributed by atoms with van der Waals surface area (Å²) in [4.78, 5) is 14.9. The van der Waals surface area contributed by atoms with Gasteiger partial charge in [0, 0.05) is 19.1 Å². The van der Waals surface area contributed by atoms with Crippen LogP contribution < -0.4 is 5.32 Å². The highest BCUT2D eigenvalue weighted by Gasteiger charge is 2.28. The van der Waals surface area contributed by atoms with Gasteiger partial charge >= 0.3 is 0 Å². The first kappa shape index (κ1) is 17.6. The highest BCUT2D eigenvalue weighted by atomic mass is 16.5. The lowest BCUT2D eigenvalue weighted by molar-refractivity contribution is -0.121. The molecule has 1 aliphatic rings. The molecule has 1 heterocycles. The molecule has 1 aliphatic heterocycles. The zero-order chi connectivity index (χ0) is 17.5. The van der Waals surface area contributed by atoms with E-state index in [9.17, 15) is 4.79 Å². The molecule has 2 atom stereocenters. The summed E-state index contributed by atoms with van der Waals surface area (Å²) in [6.45, 7) is 5.36. The van der Waals surface area contributed by atoms with Crippen LogP contribution in [0, 0.1) is 0 Å². The second-order valence-corrected chi connectivity index (χ2v) is 6.52. The van der Waals surface area contributed by atoms with Crippen LogP contribution in [0.25, 0.3) is 0 Å². The molecule has 4 heteroatoms. The van der Waals surface area contributed by atoms with Gasteiger partial charge in [-0.3, -0.25) is 9.69 Å². The van der Waals surface area contributed by atoms with Crippen molar-refractivity contribution in [3.63, 3.8) is 0 Å². The van der Waals surface area contributed by atoms with E-state index in [1.165, 1.54) is 5.56 Å². The molecule has 0 spiro atoms. The van der Waals surface area contributed by atoms with Crippen molar-refractivity contribution in [1.82, 2.24) is 10.2 Å². The van der Waals surface area contributed by atoms with Crippen molar-refractivity contribution in [3.8, 4) is 0 Å². The largest absolute Gasteiger partial charge is 0.379 e. The number of rotatable bonds is 6. The van der Waals surface area contributed by atoms with Crippen LogP contribution in [0.3, 0.4) is 0 Å². The highest BCUT2D eigenvalue weighted by Crippen LogP contribution is 2.25. The second-order valence-electron chi connectivity index (χ2n) is 6.52. The van der Waals surface area contributed by atoms with Crippen LogP contribution in [-0.2, 0) is 16.0 Å². The maximum Gasteiger partial charge on any atom is 0.224 e. The maximum atomic E-state index is 12.5. The Morgan fingerprint density at radius 3 is 2.28 bits per heavy atom. The summed E-state index contributed by atoms with van der Waals surface area (Å²) in [5.74, 6) is 0.0629. The van der Waals surface area contributed by atoms with E-state index >= 15 is 0 Å². The van der Waals surface area contributed by atoms with Crippen LogP contribution in [0.5, 0.6) is 0 Å². The lowest BCUT2D eigenvalue weighted by atomic mass is 9.97. The summed E-state index contributed by atoms with van der Waals surface area (Å²) >= 11 is 0. The normalized spacial score (nSPS) is 17.6. The van der Waals surface area contributed by atoms with Crippen LogP contribution in [0.1, 0.15) is 24.1 Å². The van der Waals surface area contributed by atoms with E-state index in [1.807, 2.05) is 36.4 Å². The summed E-state index contributed by atoms with van der Waals surface area (Å²) < 4.78 is 5.50. The Balaban J connectivity index is 1.70. The Kier molecular flexibility index (Phi) is 6.20. The molecule has 1 N–H and O–H groups in total. The molecule has 0 aliphatic carbocycles. The number of amides is 1. The molecule has 3 rings (SSSR count). The molecule has 0 unspecified atom stereocenters. The van der Waals surface area contributed by atoms with E-state index in [2.05, 4.69) is 41.4 Å². The number of nitrogens with one attached hydrogen (secondary N) is 1. The number of carbonyl (C=O) groups excluding carboxylic acids is 1. The monoisotopic (exact) mass is 338 g/mol. The standard InChI is InChI=1S/C21H26N2O2/c1-17(22-20(24)16-18-8-4-2-5-9-18)21(19-10-6-3-7-11-19)23-12-14-25-15-13-23/h2-11,17,21H,12-16H2,1H3,(H,22,24)/t17-,21-/m1/s1. The maximum absolute atomic E-state index is 12.5. The molecule has 1 fully saturated rings. The third-order valence-electron chi connectivity index (χ3n) is 4.65. The quantitative estimate of drug-likeness (QED) is 0.881. The van der Waals surface area contributed by atoms with Crippen molar-refractivity contribution in [2.75, 3.05) is 26.3 Å². The summed E-state index contributed by atoms with van der Waals surface area (Å²) in [5.41, 5.74) is 2.27. The molecule has 0 saturated carbocycles. The molecule has 1 saturated heterocycles. The van der Waals surface area contributed by atoms with Crippen molar-refractivity contribution >= 4 is 5.91 Å². The van der Waals surface area contributed by atoms with Gasteiger partial charge in [-0.05, 0) is 18.1 Å². The van der Waals surface area contributed by atoms with Gasteiger partial charge in [-0.2, -0.15) is 0 Å². The predicted molar refractivity (Wildman–Crippen MR) is 99.3 cm³/mol. The molecule has 1 amide bonds. The van der Waals surface area contributed by atoms with Crippen LogP contribution in [0.15, 0.2) is 60.7 Å². The van der Waals surface area contributed by atoms with Crippen LogP contribution >= 0.6 is 0 Å². The molecule has 4 nitrogen and oxygen atoms in total. The van der Waals surface area contributed by atoms with Gasteiger partial charge < -0.3 is 10.1 Å². The van der Waals surface area contributed by atoms with Crippen molar-refractivity contribution in [2.24, 2.45) is 0 Å². The minimum atomic E-state index is 0.0247. The number of benzene rings is 2. The van der Waals surface area contributed by atoms with Gasteiger partial charge in [0.1, 0.15) is 0 Å². The Morgan fingerprint density at radius 2 is 1.64 bits per heavy atom. The minimum absolute atomic E-state index is 0.0247. The minimum Gasteiger partial charge on any atom is -0.379 e. The van der Waals surface area contributed by atoms with E-state index in [1.54, 1.807) is 0 Å². The molecular formula is C21H26N2O2. The molecule has 25 heavy (non-hydrogen) atoms. The molecule has 2 aromatic carbocycles. The van der Waals surface area contributed by atoms with Crippen LogP contribution in [-0.4, -0.2) is 43.2 Å². The average Bonchev–Trinajstić information content (AvgIpc) is 2.64. The number of hydrogen-bond acceptors (Lipinski definition) is 3. The SMILES string of the molecule is C[C@@H](NC(=O)Cc1ccccc1)[C@H](c1ccccc1)N1CCOCC1. The zero-order valence-corrected chi connectivity index (χ0v) is 14.7. The van der Waals surface area contributed by atoms with Gasteiger partial charge in [-0.15, -0.1) is 0 Å². The van der Waals surface area contributed by atoms with Crippen molar-refractivity contribution in [2.45, 2.75) is 25.4 Å². The van der Waals surface area contributed by atoms with Gasteiger partial charge in [0.15, 0.2) is 0 Å². The Labute approximate surface area is 149 Å². The summed E-state index contributed by atoms with van der Waals surface area (Å²) in [5, 5.41) is 3.20. The zero-order valence-electron chi connectivity index (χ0n) is 14.7. The number of nitrogens with zero attached hydrogens (tertiary/aromatic N) is 1. The number of morpholine rings is 1. The second kappa shape index (κ2) is 8.79. The van der Waals surface area contributed by atoms with Gasteiger partial charge in [-0.25, -0.2) is 0 Å². The first-order valence-corrected chi connectivity index (χ1v) is 8.94. The Hall–Kier alpha value is -2.17. The lowest BCUT2D eigenvalue weighted by Crippen LogP contribution is -2.48. The number of hydrogen-bond donors (Lipinski definition) is 1. The molecule has 0 radical (unpaired) electrons. The third-order valence-corrected chi connectivity index (χ3v) is 4.65. The van der Waals surface area contributed by atoms with Gasteiger partial charge in [0.25, 0.3) is 0 Å². The van der Waals surface area contributed by atoms with Crippen molar-refractivity contribution in [3.05, 3.63) is 71.8 Å². The summed E-state index contributed by atoms with van der Waals surface area (Å²) in [6.07, 6.45) is 0.413. The Bertz CT molecular complexity index is 654. The van der Waals surface area contributed by atoms with Crippen LogP contribution in [0.2, 0.25) is 0 Å². The fraction of sp³-hybridized carbons (Fsp3) is 0.381.